The molecule has 1 aliphatic carbocycles. The molecule has 1 nitrogen and oxygen atoms in total. The molecule has 0 amide bonds. The molecule has 1 fully saturated rings. The van der Waals surface area contributed by atoms with E-state index in [9.17, 15) is 0 Å². The molecule has 0 aromatic heterocycles. The van der Waals surface area contributed by atoms with E-state index < -0.39 is 0 Å². The number of rotatable bonds is 7. The van der Waals surface area contributed by atoms with Crippen LogP contribution in [0, 0.1) is 11.8 Å². The van der Waals surface area contributed by atoms with Crippen molar-refractivity contribution in [3.63, 3.8) is 0 Å². The summed E-state index contributed by atoms with van der Waals surface area (Å²) in [4.78, 5) is 0. The first-order valence-electron chi connectivity index (χ1n) is 8.61. The van der Waals surface area contributed by atoms with Crippen molar-refractivity contribution in [1.82, 2.24) is 5.32 Å². The molecule has 0 aliphatic heterocycles. The second kappa shape index (κ2) is 8.46. The lowest BCUT2D eigenvalue weighted by atomic mass is 9.78. The third kappa shape index (κ3) is 4.63. The summed E-state index contributed by atoms with van der Waals surface area (Å²) in [6.45, 7) is 5.62. The van der Waals surface area contributed by atoms with Gasteiger partial charge in [-0.25, -0.2) is 0 Å². The van der Waals surface area contributed by atoms with Crippen molar-refractivity contribution < 1.29 is 0 Å². The van der Waals surface area contributed by atoms with Gasteiger partial charge in [0.15, 0.2) is 0 Å². The summed E-state index contributed by atoms with van der Waals surface area (Å²) < 4.78 is 0. The Hall–Kier alpha value is -0.820. The molecule has 0 heterocycles. The molecule has 1 atom stereocenters. The molecule has 1 aromatic rings. The highest BCUT2D eigenvalue weighted by molar-refractivity contribution is 5.18. The summed E-state index contributed by atoms with van der Waals surface area (Å²) >= 11 is 0. The summed E-state index contributed by atoms with van der Waals surface area (Å²) in [5.41, 5.74) is 1.46. The van der Waals surface area contributed by atoms with Crippen molar-refractivity contribution in [3.05, 3.63) is 35.9 Å². The predicted octanol–water partition coefficient (Wildman–Crippen LogP) is 5.33. The van der Waals surface area contributed by atoms with E-state index in [1.54, 1.807) is 0 Å². The van der Waals surface area contributed by atoms with Crippen molar-refractivity contribution in [2.24, 2.45) is 11.8 Å². The highest BCUT2D eigenvalue weighted by atomic mass is 14.9. The first-order chi connectivity index (χ1) is 9.83. The number of nitrogens with one attached hydrogen (secondary N) is 1. The largest absolute Gasteiger partial charge is 0.310 e. The molecule has 20 heavy (non-hydrogen) atoms. The van der Waals surface area contributed by atoms with Crippen LogP contribution < -0.4 is 5.32 Å². The van der Waals surface area contributed by atoms with Gasteiger partial charge in [-0.3, -0.25) is 0 Å². The van der Waals surface area contributed by atoms with E-state index in [-0.39, 0.29) is 0 Å². The Bertz CT molecular complexity index is 351. The molecule has 2 rings (SSSR count). The van der Waals surface area contributed by atoms with Crippen LogP contribution in [0.25, 0.3) is 0 Å². The first kappa shape index (κ1) is 15.6. The predicted molar refractivity (Wildman–Crippen MR) is 87.8 cm³/mol. The van der Waals surface area contributed by atoms with Gasteiger partial charge < -0.3 is 5.32 Å². The Labute approximate surface area is 125 Å². The zero-order valence-electron chi connectivity index (χ0n) is 13.3. The van der Waals surface area contributed by atoms with E-state index in [1.165, 1.54) is 50.5 Å². The topological polar surface area (TPSA) is 12.0 Å². The monoisotopic (exact) mass is 273 g/mol. The fraction of sp³-hybridized carbons (Fsp3) is 0.684. The lowest BCUT2D eigenvalue weighted by molar-refractivity contribution is 0.248. The van der Waals surface area contributed by atoms with Gasteiger partial charge in [0.25, 0.3) is 0 Å². The first-order valence-corrected chi connectivity index (χ1v) is 8.61. The molecular formula is C19H31N. The Kier molecular flexibility index (Phi) is 6.59. The summed E-state index contributed by atoms with van der Waals surface area (Å²) in [7, 11) is 0. The molecule has 1 aliphatic rings. The molecule has 1 saturated carbocycles. The van der Waals surface area contributed by atoms with Crippen molar-refractivity contribution in [1.29, 1.82) is 0 Å². The standard InChI is InChI=1S/C19H31N/c1-3-16-10-12-17(13-11-16)14-15-19(20-4-2)18-8-6-5-7-9-18/h5-9,16-17,19-20H,3-4,10-15H2,1-2H3. The number of hydrogen-bond donors (Lipinski definition) is 1. The van der Waals surface area contributed by atoms with Crippen LogP contribution in [-0.4, -0.2) is 6.54 Å². The zero-order valence-corrected chi connectivity index (χ0v) is 13.3. The molecule has 0 bridgehead atoms. The van der Waals surface area contributed by atoms with Crippen LogP contribution in [0.5, 0.6) is 0 Å². The third-order valence-electron chi connectivity index (χ3n) is 5.06. The maximum Gasteiger partial charge on any atom is 0.0320 e. The fourth-order valence-electron chi connectivity index (χ4n) is 3.65. The molecular weight excluding hydrogens is 242 g/mol. The average molecular weight is 273 g/mol. The maximum atomic E-state index is 3.66. The van der Waals surface area contributed by atoms with Gasteiger partial charge in [-0.15, -0.1) is 0 Å². The second-order valence-corrected chi connectivity index (χ2v) is 6.39. The summed E-state index contributed by atoms with van der Waals surface area (Å²) in [5.74, 6) is 1.99. The SMILES string of the molecule is CCNC(CCC1CCC(CC)CC1)c1ccccc1. The van der Waals surface area contributed by atoms with Crippen LogP contribution in [-0.2, 0) is 0 Å². The van der Waals surface area contributed by atoms with Gasteiger partial charge in [-0.1, -0.05) is 76.3 Å². The van der Waals surface area contributed by atoms with Gasteiger partial charge in [0.05, 0.1) is 0 Å². The van der Waals surface area contributed by atoms with E-state index in [0.29, 0.717) is 6.04 Å². The molecule has 1 N–H and O–H groups in total. The third-order valence-corrected chi connectivity index (χ3v) is 5.06. The zero-order chi connectivity index (χ0) is 14.2. The van der Waals surface area contributed by atoms with Crippen LogP contribution in [0.2, 0.25) is 0 Å². The maximum absolute atomic E-state index is 3.66. The van der Waals surface area contributed by atoms with Gasteiger partial charge in [0.1, 0.15) is 0 Å². The molecule has 0 saturated heterocycles. The summed E-state index contributed by atoms with van der Waals surface area (Å²) in [6, 6.07) is 11.5. The highest BCUT2D eigenvalue weighted by Crippen LogP contribution is 2.34. The van der Waals surface area contributed by atoms with E-state index in [2.05, 4.69) is 49.5 Å². The van der Waals surface area contributed by atoms with E-state index >= 15 is 0 Å². The van der Waals surface area contributed by atoms with Crippen molar-refractivity contribution in [3.8, 4) is 0 Å². The highest BCUT2D eigenvalue weighted by Gasteiger charge is 2.21. The van der Waals surface area contributed by atoms with Gasteiger partial charge in [0.2, 0.25) is 0 Å². The number of hydrogen-bond acceptors (Lipinski definition) is 1. The normalized spacial score (nSPS) is 24.5. The minimum absolute atomic E-state index is 0.546. The molecule has 112 valence electrons. The minimum Gasteiger partial charge on any atom is -0.310 e. The van der Waals surface area contributed by atoms with Crippen LogP contribution in [0.3, 0.4) is 0 Å². The van der Waals surface area contributed by atoms with Crippen LogP contribution >= 0.6 is 0 Å². The Morgan fingerprint density at radius 3 is 2.25 bits per heavy atom. The Balaban J connectivity index is 1.81. The number of benzene rings is 1. The van der Waals surface area contributed by atoms with Crippen LogP contribution in [0.1, 0.15) is 70.4 Å². The summed E-state index contributed by atoms with van der Waals surface area (Å²) in [6.07, 6.45) is 9.94. The quantitative estimate of drug-likeness (QED) is 0.707. The molecule has 1 aromatic carbocycles. The van der Waals surface area contributed by atoms with Gasteiger partial charge in [-0.2, -0.15) is 0 Å². The van der Waals surface area contributed by atoms with Crippen molar-refractivity contribution in [2.75, 3.05) is 6.54 Å². The van der Waals surface area contributed by atoms with Crippen molar-refractivity contribution in [2.45, 2.75) is 64.8 Å². The molecule has 0 radical (unpaired) electrons. The lowest BCUT2D eigenvalue weighted by Gasteiger charge is -2.29. The van der Waals surface area contributed by atoms with Gasteiger partial charge in [-0.05, 0) is 36.8 Å². The molecule has 1 heteroatoms. The smallest absolute Gasteiger partial charge is 0.0320 e. The lowest BCUT2D eigenvalue weighted by Crippen LogP contribution is -2.22. The van der Waals surface area contributed by atoms with E-state index in [0.717, 1.165) is 18.4 Å². The van der Waals surface area contributed by atoms with E-state index in [4.69, 9.17) is 0 Å². The second-order valence-electron chi connectivity index (χ2n) is 6.39. The fourth-order valence-corrected chi connectivity index (χ4v) is 3.65. The van der Waals surface area contributed by atoms with E-state index in [1.807, 2.05) is 0 Å². The molecule has 1 unspecified atom stereocenters. The van der Waals surface area contributed by atoms with Gasteiger partial charge >= 0.3 is 0 Å². The molecule has 0 spiro atoms. The minimum atomic E-state index is 0.546. The van der Waals surface area contributed by atoms with Crippen LogP contribution in [0.4, 0.5) is 0 Å². The van der Waals surface area contributed by atoms with Crippen molar-refractivity contribution >= 4 is 0 Å². The Morgan fingerprint density at radius 1 is 1.00 bits per heavy atom. The van der Waals surface area contributed by atoms with Crippen LogP contribution in [0.15, 0.2) is 30.3 Å². The average Bonchev–Trinajstić information content (AvgIpc) is 2.53. The Morgan fingerprint density at radius 2 is 1.65 bits per heavy atom. The van der Waals surface area contributed by atoms with Gasteiger partial charge in [0, 0.05) is 6.04 Å². The summed E-state index contributed by atoms with van der Waals surface area (Å²) in [5, 5.41) is 3.66.